The molecule has 0 heterocycles. The van der Waals surface area contributed by atoms with Gasteiger partial charge in [-0.25, -0.2) is 0 Å². The van der Waals surface area contributed by atoms with Crippen molar-refractivity contribution in [3.63, 3.8) is 0 Å². The molecule has 2 heteroatoms. The molecule has 2 nitrogen and oxygen atoms in total. The zero-order valence-corrected chi connectivity index (χ0v) is 8.98. The average molecular weight is 180 g/mol. The minimum absolute atomic E-state index is 0.176. The highest BCUT2D eigenvalue weighted by Crippen LogP contribution is 2.19. The van der Waals surface area contributed by atoms with E-state index in [1.54, 1.807) is 0 Å². The third-order valence-corrected chi connectivity index (χ3v) is 1.88. The summed E-state index contributed by atoms with van der Waals surface area (Å²) in [4.78, 5) is 0. The van der Waals surface area contributed by atoms with E-state index in [4.69, 9.17) is 5.26 Å². The fourth-order valence-corrected chi connectivity index (χ4v) is 1.01. The fraction of sp³-hybridized carbons (Fsp3) is 0.727. The molecule has 0 atom stereocenters. The maximum Gasteiger partial charge on any atom is 0.0683 e. The van der Waals surface area contributed by atoms with Gasteiger partial charge in [0.25, 0.3) is 0 Å². The molecule has 0 saturated carbocycles. The number of nitrogens with one attached hydrogen (secondary N) is 1. The molecule has 0 unspecified atom stereocenters. The Morgan fingerprint density at radius 2 is 2.15 bits per heavy atom. The molecule has 0 amide bonds. The monoisotopic (exact) mass is 180 g/mol. The summed E-state index contributed by atoms with van der Waals surface area (Å²) >= 11 is 0. The predicted molar refractivity (Wildman–Crippen MR) is 56.3 cm³/mol. The van der Waals surface area contributed by atoms with Gasteiger partial charge >= 0.3 is 0 Å². The largest absolute Gasteiger partial charge is 0.313 e. The van der Waals surface area contributed by atoms with E-state index in [2.05, 4.69) is 18.0 Å². The Hall–Kier alpha value is -0.810. The second kappa shape index (κ2) is 5.77. The van der Waals surface area contributed by atoms with Gasteiger partial charge in [-0.2, -0.15) is 5.26 Å². The van der Waals surface area contributed by atoms with Gasteiger partial charge in [-0.15, -0.1) is 0 Å². The number of hydrogen-bond donors (Lipinski definition) is 1. The SMILES string of the molecule is C=C(C)CNCCCC(C)(C)C#N. The van der Waals surface area contributed by atoms with Crippen molar-refractivity contribution in [3.05, 3.63) is 12.2 Å². The molecule has 0 bridgehead atoms. The van der Waals surface area contributed by atoms with Crippen LogP contribution in [-0.2, 0) is 0 Å². The summed E-state index contributed by atoms with van der Waals surface area (Å²) in [5.41, 5.74) is 0.977. The van der Waals surface area contributed by atoms with Gasteiger partial charge in [-0.3, -0.25) is 0 Å². The van der Waals surface area contributed by atoms with Crippen LogP contribution in [0.25, 0.3) is 0 Å². The van der Waals surface area contributed by atoms with E-state index in [9.17, 15) is 0 Å². The molecule has 0 aromatic rings. The molecule has 13 heavy (non-hydrogen) atoms. The average Bonchev–Trinajstić information content (AvgIpc) is 2.03. The zero-order chi connectivity index (χ0) is 10.3. The van der Waals surface area contributed by atoms with Gasteiger partial charge in [0.05, 0.1) is 11.5 Å². The first-order valence-electron chi connectivity index (χ1n) is 4.74. The van der Waals surface area contributed by atoms with Crippen LogP contribution in [0.4, 0.5) is 0 Å². The maximum absolute atomic E-state index is 8.75. The first-order valence-corrected chi connectivity index (χ1v) is 4.74. The van der Waals surface area contributed by atoms with E-state index in [1.165, 1.54) is 0 Å². The summed E-state index contributed by atoms with van der Waals surface area (Å²) in [6.07, 6.45) is 2.00. The lowest BCUT2D eigenvalue weighted by Gasteiger charge is -2.14. The van der Waals surface area contributed by atoms with Crippen LogP contribution >= 0.6 is 0 Å². The van der Waals surface area contributed by atoms with Crippen molar-refractivity contribution in [2.24, 2.45) is 5.41 Å². The third kappa shape index (κ3) is 7.55. The van der Waals surface area contributed by atoms with Crippen LogP contribution < -0.4 is 5.32 Å². The second-order valence-electron chi connectivity index (χ2n) is 4.23. The Bertz CT molecular complexity index is 199. The van der Waals surface area contributed by atoms with Crippen molar-refractivity contribution in [1.29, 1.82) is 5.26 Å². The lowest BCUT2D eigenvalue weighted by molar-refractivity contribution is 0.428. The summed E-state index contributed by atoms with van der Waals surface area (Å²) in [6, 6.07) is 2.30. The van der Waals surface area contributed by atoms with E-state index in [1.807, 2.05) is 20.8 Å². The van der Waals surface area contributed by atoms with Crippen LogP contribution in [-0.4, -0.2) is 13.1 Å². The van der Waals surface area contributed by atoms with Gasteiger partial charge in [-0.05, 0) is 40.2 Å². The van der Waals surface area contributed by atoms with E-state index in [-0.39, 0.29) is 5.41 Å². The summed E-state index contributed by atoms with van der Waals surface area (Å²) in [6.45, 7) is 11.6. The summed E-state index contributed by atoms with van der Waals surface area (Å²) < 4.78 is 0. The van der Waals surface area contributed by atoms with Crippen LogP contribution in [0, 0.1) is 16.7 Å². The topological polar surface area (TPSA) is 35.8 Å². The highest BCUT2D eigenvalue weighted by Gasteiger charge is 2.14. The molecular formula is C11H20N2. The molecule has 0 aliphatic heterocycles. The van der Waals surface area contributed by atoms with Gasteiger partial charge in [-0.1, -0.05) is 12.2 Å². The van der Waals surface area contributed by atoms with E-state index in [0.29, 0.717) is 0 Å². The Kier molecular flexibility index (Phi) is 5.41. The molecule has 0 aromatic heterocycles. The van der Waals surface area contributed by atoms with Gasteiger partial charge in [0, 0.05) is 6.54 Å². The van der Waals surface area contributed by atoms with Crippen LogP contribution in [0.5, 0.6) is 0 Å². The molecule has 0 saturated heterocycles. The Balaban J connectivity index is 3.37. The minimum atomic E-state index is -0.176. The number of nitriles is 1. The summed E-state index contributed by atoms with van der Waals surface area (Å²) in [7, 11) is 0. The Morgan fingerprint density at radius 3 is 2.62 bits per heavy atom. The van der Waals surface area contributed by atoms with Crippen molar-refractivity contribution in [2.45, 2.75) is 33.6 Å². The van der Waals surface area contributed by atoms with Gasteiger partial charge in [0.1, 0.15) is 0 Å². The number of nitrogens with zero attached hydrogens (tertiary/aromatic N) is 1. The Morgan fingerprint density at radius 1 is 1.54 bits per heavy atom. The molecule has 0 aliphatic carbocycles. The zero-order valence-electron chi connectivity index (χ0n) is 8.98. The van der Waals surface area contributed by atoms with Crippen molar-refractivity contribution in [1.82, 2.24) is 5.32 Å². The van der Waals surface area contributed by atoms with Gasteiger partial charge < -0.3 is 5.32 Å². The fourth-order valence-electron chi connectivity index (χ4n) is 1.01. The minimum Gasteiger partial charge on any atom is -0.313 e. The van der Waals surface area contributed by atoms with Crippen molar-refractivity contribution in [3.8, 4) is 6.07 Å². The third-order valence-electron chi connectivity index (χ3n) is 1.88. The summed E-state index contributed by atoms with van der Waals surface area (Å²) in [5.74, 6) is 0. The van der Waals surface area contributed by atoms with E-state index in [0.717, 1.165) is 31.5 Å². The first-order chi connectivity index (χ1) is 5.98. The molecule has 0 fully saturated rings. The smallest absolute Gasteiger partial charge is 0.0683 e. The van der Waals surface area contributed by atoms with Crippen molar-refractivity contribution < 1.29 is 0 Å². The molecule has 0 radical (unpaired) electrons. The molecule has 1 N–H and O–H groups in total. The molecule has 0 rings (SSSR count). The van der Waals surface area contributed by atoms with Crippen LogP contribution in [0.3, 0.4) is 0 Å². The predicted octanol–water partition coefficient (Wildman–Crippen LogP) is 2.48. The van der Waals surface area contributed by atoms with Crippen LogP contribution in [0.2, 0.25) is 0 Å². The van der Waals surface area contributed by atoms with Crippen LogP contribution in [0.15, 0.2) is 12.2 Å². The standard InChI is InChI=1S/C11H20N2/c1-10(2)8-13-7-5-6-11(3,4)9-12/h13H,1,5-8H2,2-4H3. The second-order valence-corrected chi connectivity index (χ2v) is 4.23. The van der Waals surface area contributed by atoms with Gasteiger partial charge in [0.15, 0.2) is 0 Å². The van der Waals surface area contributed by atoms with E-state index >= 15 is 0 Å². The highest BCUT2D eigenvalue weighted by atomic mass is 14.8. The normalized spacial score (nSPS) is 10.9. The maximum atomic E-state index is 8.75. The number of hydrogen-bond acceptors (Lipinski definition) is 2. The first kappa shape index (κ1) is 12.2. The van der Waals surface area contributed by atoms with Crippen molar-refractivity contribution >= 4 is 0 Å². The lowest BCUT2D eigenvalue weighted by atomic mass is 9.90. The van der Waals surface area contributed by atoms with Gasteiger partial charge in [0.2, 0.25) is 0 Å². The molecule has 74 valence electrons. The lowest BCUT2D eigenvalue weighted by Crippen LogP contribution is -2.19. The molecule has 0 spiro atoms. The Labute approximate surface area is 81.6 Å². The highest BCUT2D eigenvalue weighted by molar-refractivity contribution is 4.92. The molecule has 0 aromatic carbocycles. The number of rotatable bonds is 6. The van der Waals surface area contributed by atoms with Crippen LogP contribution in [0.1, 0.15) is 33.6 Å². The summed E-state index contributed by atoms with van der Waals surface area (Å²) in [5, 5.41) is 12.0. The van der Waals surface area contributed by atoms with E-state index < -0.39 is 0 Å². The molecular weight excluding hydrogens is 160 g/mol. The van der Waals surface area contributed by atoms with Crippen molar-refractivity contribution in [2.75, 3.05) is 13.1 Å². The quantitative estimate of drug-likeness (QED) is 0.503. The molecule has 0 aliphatic rings.